The second-order valence-corrected chi connectivity index (χ2v) is 5.45. The molecule has 0 spiro atoms. The van der Waals surface area contributed by atoms with Gasteiger partial charge in [-0.15, -0.1) is 11.6 Å². The van der Waals surface area contributed by atoms with Crippen LogP contribution in [-0.2, 0) is 0 Å². The van der Waals surface area contributed by atoms with Gasteiger partial charge in [-0.3, -0.25) is 0 Å². The van der Waals surface area contributed by atoms with Crippen molar-refractivity contribution in [3.05, 3.63) is 35.9 Å². The SMILES string of the molecule is CC(Cl)/C=C\CC(Cl)n1ccc2c(Cl)ncnc21. The molecule has 6 heteroatoms. The Morgan fingerprint density at radius 2 is 2.17 bits per heavy atom. The van der Waals surface area contributed by atoms with E-state index in [0.29, 0.717) is 11.6 Å². The third-order valence-electron chi connectivity index (χ3n) is 2.49. The highest BCUT2D eigenvalue weighted by atomic mass is 35.5. The summed E-state index contributed by atoms with van der Waals surface area (Å²) in [6.45, 7) is 1.90. The van der Waals surface area contributed by atoms with Crippen molar-refractivity contribution in [2.24, 2.45) is 0 Å². The molecule has 2 unspecified atom stereocenters. The van der Waals surface area contributed by atoms with E-state index >= 15 is 0 Å². The van der Waals surface area contributed by atoms with Crippen molar-refractivity contribution in [3.8, 4) is 0 Å². The molecule has 2 aromatic rings. The van der Waals surface area contributed by atoms with Crippen LogP contribution >= 0.6 is 34.8 Å². The van der Waals surface area contributed by atoms with Crippen LogP contribution in [0.25, 0.3) is 11.0 Å². The van der Waals surface area contributed by atoms with Gasteiger partial charge >= 0.3 is 0 Å². The lowest BCUT2D eigenvalue weighted by Gasteiger charge is -2.10. The van der Waals surface area contributed by atoms with Gasteiger partial charge in [0.25, 0.3) is 0 Å². The number of allylic oxidation sites excluding steroid dienone is 2. The first-order valence-corrected chi connectivity index (χ1v) is 6.76. The number of halogens is 3. The summed E-state index contributed by atoms with van der Waals surface area (Å²) in [6.07, 6.45) is 7.83. The Labute approximate surface area is 120 Å². The minimum atomic E-state index is -0.222. The maximum Gasteiger partial charge on any atom is 0.146 e. The molecular formula is C12H12Cl3N3. The van der Waals surface area contributed by atoms with Crippen LogP contribution in [0.5, 0.6) is 0 Å². The van der Waals surface area contributed by atoms with Gasteiger partial charge in [-0.25, -0.2) is 9.97 Å². The zero-order valence-electron chi connectivity index (χ0n) is 9.72. The van der Waals surface area contributed by atoms with Gasteiger partial charge in [0, 0.05) is 18.0 Å². The summed E-state index contributed by atoms with van der Waals surface area (Å²) in [5.41, 5.74) is 0.516. The van der Waals surface area contributed by atoms with E-state index in [1.165, 1.54) is 6.33 Å². The molecule has 0 N–H and O–H groups in total. The molecule has 0 radical (unpaired) electrons. The fraction of sp³-hybridized carbons (Fsp3) is 0.333. The molecule has 0 saturated heterocycles. The Morgan fingerprint density at radius 3 is 2.89 bits per heavy atom. The van der Waals surface area contributed by atoms with Crippen LogP contribution < -0.4 is 0 Å². The number of rotatable bonds is 4. The maximum absolute atomic E-state index is 6.33. The Balaban J connectivity index is 2.23. The lowest BCUT2D eigenvalue weighted by molar-refractivity contribution is 0.694. The molecule has 2 aromatic heterocycles. The molecule has 0 aliphatic rings. The quantitative estimate of drug-likeness (QED) is 0.476. The lowest BCUT2D eigenvalue weighted by Crippen LogP contribution is -2.01. The molecular weight excluding hydrogens is 293 g/mol. The van der Waals surface area contributed by atoms with E-state index in [2.05, 4.69) is 9.97 Å². The Bertz CT molecular complexity index is 563. The molecule has 0 saturated carbocycles. The number of aromatic nitrogens is 3. The maximum atomic E-state index is 6.33. The molecule has 0 amide bonds. The summed E-state index contributed by atoms with van der Waals surface area (Å²) >= 11 is 18.1. The smallest absolute Gasteiger partial charge is 0.146 e. The van der Waals surface area contributed by atoms with Crippen molar-refractivity contribution in [1.82, 2.24) is 14.5 Å². The third kappa shape index (κ3) is 2.97. The predicted octanol–water partition coefficient (Wildman–Crippen LogP) is 4.40. The summed E-state index contributed by atoms with van der Waals surface area (Å²) in [5.74, 6) is 0. The molecule has 2 atom stereocenters. The van der Waals surface area contributed by atoms with Gasteiger partial charge in [-0.1, -0.05) is 35.4 Å². The van der Waals surface area contributed by atoms with Crippen LogP contribution in [0.2, 0.25) is 5.15 Å². The van der Waals surface area contributed by atoms with Crippen molar-refractivity contribution in [3.63, 3.8) is 0 Å². The second kappa shape index (κ2) is 5.91. The highest BCUT2D eigenvalue weighted by Gasteiger charge is 2.12. The van der Waals surface area contributed by atoms with E-state index in [-0.39, 0.29) is 10.9 Å². The third-order valence-corrected chi connectivity index (χ3v) is 3.33. The normalized spacial score (nSPS) is 15.3. The van der Waals surface area contributed by atoms with Gasteiger partial charge in [0.05, 0.1) is 5.39 Å². The number of alkyl halides is 2. The van der Waals surface area contributed by atoms with Gasteiger partial charge in [0.15, 0.2) is 0 Å². The number of hydrogen-bond acceptors (Lipinski definition) is 2. The average Bonchev–Trinajstić information content (AvgIpc) is 2.73. The van der Waals surface area contributed by atoms with Crippen molar-refractivity contribution in [2.45, 2.75) is 24.2 Å². The molecule has 0 aromatic carbocycles. The summed E-state index contributed by atoms with van der Waals surface area (Å²) < 4.78 is 1.87. The van der Waals surface area contributed by atoms with Crippen LogP contribution in [0, 0.1) is 0 Å². The average molecular weight is 305 g/mol. The number of fused-ring (bicyclic) bond motifs is 1. The van der Waals surface area contributed by atoms with Crippen molar-refractivity contribution >= 4 is 45.8 Å². The van der Waals surface area contributed by atoms with E-state index in [1.54, 1.807) is 0 Å². The highest BCUT2D eigenvalue weighted by Crippen LogP contribution is 2.26. The van der Waals surface area contributed by atoms with E-state index in [0.717, 1.165) is 11.0 Å². The van der Waals surface area contributed by atoms with Gasteiger partial charge < -0.3 is 4.57 Å². The highest BCUT2D eigenvalue weighted by molar-refractivity contribution is 6.34. The topological polar surface area (TPSA) is 30.7 Å². The van der Waals surface area contributed by atoms with Gasteiger partial charge in [-0.05, 0) is 13.0 Å². The second-order valence-electron chi connectivity index (χ2n) is 3.90. The van der Waals surface area contributed by atoms with Crippen LogP contribution in [0.4, 0.5) is 0 Å². The molecule has 0 aliphatic heterocycles. The summed E-state index contributed by atoms with van der Waals surface area (Å²) in [6, 6.07) is 1.86. The van der Waals surface area contributed by atoms with Crippen LogP contribution in [0.1, 0.15) is 18.8 Å². The molecule has 18 heavy (non-hydrogen) atoms. The Morgan fingerprint density at radius 1 is 1.39 bits per heavy atom. The minimum absolute atomic E-state index is 0.00652. The fourth-order valence-electron chi connectivity index (χ4n) is 1.66. The standard InChI is InChI=1S/C12H12Cl3N3/c1-8(13)3-2-4-10(14)18-6-5-9-11(15)16-7-17-12(9)18/h2-3,5-8,10H,4H2,1H3/b3-2-. The molecule has 96 valence electrons. The molecule has 2 rings (SSSR count). The molecule has 0 bridgehead atoms. The van der Waals surface area contributed by atoms with Crippen molar-refractivity contribution < 1.29 is 0 Å². The lowest BCUT2D eigenvalue weighted by atomic mass is 10.3. The van der Waals surface area contributed by atoms with Gasteiger partial charge in [0.1, 0.15) is 22.6 Å². The molecule has 0 aliphatic carbocycles. The van der Waals surface area contributed by atoms with E-state index in [1.807, 2.05) is 35.9 Å². The number of nitrogens with zero attached hydrogens (tertiary/aromatic N) is 3. The Kier molecular flexibility index (Phi) is 4.49. The van der Waals surface area contributed by atoms with Gasteiger partial charge in [-0.2, -0.15) is 0 Å². The van der Waals surface area contributed by atoms with Crippen LogP contribution in [0.15, 0.2) is 30.7 Å². The number of hydrogen-bond donors (Lipinski definition) is 0. The molecule has 0 fully saturated rings. The van der Waals surface area contributed by atoms with E-state index < -0.39 is 0 Å². The Hall–Kier alpha value is -0.770. The monoisotopic (exact) mass is 303 g/mol. The first kappa shape index (κ1) is 13.7. The van der Waals surface area contributed by atoms with Crippen LogP contribution in [-0.4, -0.2) is 19.9 Å². The zero-order valence-corrected chi connectivity index (χ0v) is 12.0. The summed E-state index contributed by atoms with van der Waals surface area (Å²) in [5, 5.41) is 1.25. The summed E-state index contributed by atoms with van der Waals surface area (Å²) in [7, 11) is 0. The first-order valence-electron chi connectivity index (χ1n) is 5.51. The van der Waals surface area contributed by atoms with Gasteiger partial charge in [0.2, 0.25) is 0 Å². The summed E-state index contributed by atoms with van der Waals surface area (Å²) in [4.78, 5) is 8.13. The predicted molar refractivity (Wildman–Crippen MR) is 76.5 cm³/mol. The first-order chi connectivity index (χ1) is 8.59. The van der Waals surface area contributed by atoms with E-state index in [9.17, 15) is 0 Å². The van der Waals surface area contributed by atoms with Crippen LogP contribution in [0.3, 0.4) is 0 Å². The molecule has 3 nitrogen and oxygen atoms in total. The zero-order chi connectivity index (χ0) is 13.1. The largest absolute Gasteiger partial charge is 0.315 e. The minimum Gasteiger partial charge on any atom is -0.315 e. The fourth-order valence-corrected chi connectivity index (χ4v) is 2.21. The van der Waals surface area contributed by atoms with E-state index in [4.69, 9.17) is 34.8 Å². The molecule has 2 heterocycles. The van der Waals surface area contributed by atoms with Crippen molar-refractivity contribution in [1.29, 1.82) is 0 Å². The van der Waals surface area contributed by atoms with Crippen molar-refractivity contribution in [2.75, 3.05) is 0 Å².